The van der Waals surface area contributed by atoms with Crippen LogP contribution in [0.3, 0.4) is 0 Å². The highest BCUT2D eigenvalue weighted by atomic mass is 16.5. The Morgan fingerprint density at radius 2 is 1.88 bits per heavy atom. The van der Waals surface area contributed by atoms with Gasteiger partial charge in [-0.1, -0.05) is 6.92 Å². The molecule has 26 heavy (non-hydrogen) atoms. The predicted octanol–water partition coefficient (Wildman–Crippen LogP) is 2.17. The van der Waals surface area contributed by atoms with Gasteiger partial charge in [0.1, 0.15) is 6.61 Å². The molecular weight excluding hydrogens is 333 g/mol. The molecule has 1 aromatic heterocycles. The fraction of sp³-hybridized carbons (Fsp3) is 0.684. The van der Waals surface area contributed by atoms with E-state index in [1.807, 2.05) is 27.7 Å². The number of aromatic nitrogens is 1. The minimum absolute atomic E-state index is 0.188. The highest BCUT2D eigenvalue weighted by molar-refractivity contribution is 6.47. The topological polar surface area (TPSA) is 77.9 Å². The van der Waals surface area contributed by atoms with Gasteiger partial charge >= 0.3 is 13.5 Å². The van der Waals surface area contributed by atoms with E-state index in [9.17, 15) is 9.90 Å². The summed E-state index contributed by atoms with van der Waals surface area (Å²) in [6, 6.07) is 1.79. The maximum absolute atomic E-state index is 11.9. The number of nitrogens with zero attached hydrogens (tertiary/aromatic N) is 1. The van der Waals surface area contributed by atoms with Crippen molar-refractivity contribution in [1.29, 1.82) is 0 Å². The monoisotopic (exact) mass is 364 g/mol. The van der Waals surface area contributed by atoms with Gasteiger partial charge in [0.15, 0.2) is 0 Å². The van der Waals surface area contributed by atoms with E-state index in [0.29, 0.717) is 12.3 Å². The van der Waals surface area contributed by atoms with E-state index in [0.717, 1.165) is 11.0 Å². The van der Waals surface area contributed by atoms with E-state index in [1.165, 1.54) is 7.11 Å². The molecular formula is C19H31BNO5. The predicted molar refractivity (Wildman–Crippen MR) is 102 cm³/mol. The lowest BCUT2D eigenvalue weighted by Crippen LogP contribution is -2.49. The van der Waals surface area contributed by atoms with Crippen LogP contribution in [-0.4, -0.2) is 48.5 Å². The van der Waals surface area contributed by atoms with E-state index in [2.05, 4.69) is 4.98 Å². The number of carbonyl (C=O) groups is 1. The Labute approximate surface area is 157 Å². The smallest absolute Gasteiger partial charge is 0.332 e. The molecule has 1 unspecified atom stereocenters. The first kappa shape index (κ1) is 22.4. The lowest BCUT2D eigenvalue weighted by atomic mass is 9.81. The fourth-order valence-corrected chi connectivity index (χ4v) is 1.88. The molecule has 0 saturated carbocycles. The van der Waals surface area contributed by atoms with Crippen molar-refractivity contribution in [3.05, 3.63) is 17.8 Å². The zero-order chi connectivity index (χ0) is 20.2. The number of pyridine rings is 1. The second-order valence-corrected chi connectivity index (χ2v) is 7.88. The molecule has 1 N–H and O–H groups in total. The van der Waals surface area contributed by atoms with Crippen molar-refractivity contribution in [3.8, 4) is 5.88 Å². The van der Waals surface area contributed by atoms with Gasteiger partial charge in [-0.15, -0.1) is 0 Å². The van der Waals surface area contributed by atoms with E-state index in [-0.39, 0.29) is 12.6 Å². The highest BCUT2D eigenvalue weighted by Crippen LogP contribution is 2.25. The number of hydrogen-bond donors (Lipinski definition) is 1. The van der Waals surface area contributed by atoms with Crippen molar-refractivity contribution in [2.45, 2.75) is 66.1 Å². The molecule has 0 bridgehead atoms. The number of hydrogen-bond acceptors (Lipinski definition) is 6. The molecule has 1 aromatic rings. The number of rotatable bonds is 9. The highest BCUT2D eigenvalue weighted by Gasteiger charge is 2.36. The van der Waals surface area contributed by atoms with Crippen molar-refractivity contribution in [2.24, 2.45) is 5.41 Å². The van der Waals surface area contributed by atoms with Crippen molar-refractivity contribution in [2.75, 3.05) is 13.7 Å². The first-order valence-electron chi connectivity index (χ1n) is 8.77. The number of aliphatic hydroxyl groups is 1. The van der Waals surface area contributed by atoms with Crippen LogP contribution in [0.2, 0.25) is 0 Å². The summed E-state index contributed by atoms with van der Waals surface area (Å²) < 4.78 is 16.3. The first-order valence-corrected chi connectivity index (χ1v) is 8.77. The van der Waals surface area contributed by atoms with Gasteiger partial charge in [-0.2, -0.15) is 0 Å². The molecule has 1 atom stereocenters. The number of aryl methyl sites for hydroxylation is 1. The third kappa shape index (κ3) is 5.45. The number of carbonyl (C=O) groups excluding carboxylic acids is 1. The molecule has 1 radical (unpaired) electrons. The van der Waals surface area contributed by atoms with Gasteiger partial charge in [-0.25, -0.2) is 4.98 Å². The van der Waals surface area contributed by atoms with Crippen LogP contribution in [0, 0.1) is 12.3 Å². The third-order valence-electron chi connectivity index (χ3n) is 5.08. The maximum atomic E-state index is 11.9. The summed E-state index contributed by atoms with van der Waals surface area (Å²) in [5, 5.41) is 10.2. The van der Waals surface area contributed by atoms with Gasteiger partial charge in [-0.3, -0.25) is 4.79 Å². The Morgan fingerprint density at radius 3 is 2.35 bits per heavy atom. The van der Waals surface area contributed by atoms with Crippen molar-refractivity contribution in [1.82, 2.24) is 4.98 Å². The zero-order valence-corrected chi connectivity index (χ0v) is 17.2. The molecule has 0 spiro atoms. The molecule has 6 nitrogen and oxygen atoms in total. The van der Waals surface area contributed by atoms with Crippen LogP contribution in [0.15, 0.2) is 12.3 Å². The van der Waals surface area contributed by atoms with Gasteiger partial charge in [-0.05, 0) is 59.0 Å². The minimum Gasteiger partial charge on any atom is -0.476 e. The molecule has 0 aliphatic carbocycles. The Morgan fingerprint density at radius 1 is 1.27 bits per heavy atom. The van der Waals surface area contributed by atoms with Crippen LogP contribution in [0.25, 0.3) is 0 Å². The summed E-state index contributed by atoms with van der Waals surface area (Å²) in [5.74, 6) is 0.133. The van der Waals surface area contributed by atoms with Crippen molar-refractivity contribution >= 4 is 18.9 Å². The molecule has 0 aliphatic rings. The van der Waals surface area contributed by atoms with Crippen LogP contribution in [0.1, 0.15) is 53.5 Å². The minimum atomic E-state index is -0.994. The van der Waals surface area contributed by atoms with Gasteiger partial charge in [0, 0.05) is 12.3 Å². The molecule has 0 aliphatic heterocycles. The molecule has 145 valence electrons. The van der Waals surface area contributed by atoms with E-state index in [1.54, 1.807) is 40.5 Å². The Kier molecular flexibility index (Phi) is 7.25. The molecule has 7 heteroatoms. The largest absolute Gasteiger partial charge is 0.476 e. The average Bonchev–Trinajstić information content (AvgIpc) is 2.57. The van der Waals surface area contributed by atoms with Crippen LogP contribution < -0.4 is 10.2 Å². The third-order valence-corrected chi connectivity index (χ3v) is 5.08. The molecule has 1 heterocycles. The van der Waals surface area contributed by atoms with Gasteiger partial charge in [0.25, 0.3) is 0 Å². The van der Waals surface area contributed by atoms with Gasteiger partial charge in [0.2, 0.25) is 5.88 Å². The maximum Gasteiger partial charge on any atom is 0.332 e. The number of ether oxygens (including phenoxy) is 2. The van der Waals surface area contributed by atoms with Gasteiger partial charge < -0.3 is 19.2 Å². The second-order valence-electron chi connectivity index (χ2n) is 7.88. The Bertz CT molecular complexity index is 627. The lowest BCUT2D eigenvalue weighted by molar-refractivity contribution is -0.153. The number of esters is 1. The molecule has 0 saturated heterocycles. The van der Waals surface area contributed by atoms with Gasteiger partial charge in [0.05, 0.1) is 23.7 Å². The quantitative estimate of drug-likeness (QED) is 0.535. The standard InChI is InChI=1S/C19H31BNO5/c1-9-19(7,16(22)24-8)12-25-15-10-13(2)14(11-21-15)20-26-18(5,6)17(3,4)23/h10-11,23H,9,12H2,1-8H3. The van der Waals surface area contributed by atoms with Crippen LogP contribution in [0.4, 0.5) is 0 Å². The molecule has 0 aromatic carbocycles. The summed E-state index contributed by atoms with van der Waals surface area (Å²) in [6.45, 7) is 12.9. The second kappa shape index (κ2) is 8.40. The SMILES string of the molecule is CCC(C)(COc1cc(C)c([B]OC(C)(C)C(C)(C)O)cn1)C(=O)OC. The summed E-state index contributed by atoms with van der Waals surface area (Å²) >= 11 is 0. The Balaban J connectivity index is 2.77. The average molecular weight is 364 g/mol. The normalized spacial score (nSPS) is 14.5. The number of methoxy groups -OCH3 is 1. The summed E-state index contributed by atoms with van der Waals surface area (Å²) in [7, 11) is 2.97. The van der Waals surface area contributed by atoms with E-state index in [4.69, 9.17) is 14.1 Å². The fourth-order valence-electron chi connectivity index (χ4n) is 1.88. The van der Waals surface area contributed by atoms with Crippen molar-refractivity contribution < 1.29 is 24.0 Å². The van der Waals surface area contributed by atoms with E-state index < -0.39 is 16.6 Å². The summed E-state index contributed by atoms with van der Waals surface area (Å²) in [6.07, 6.45) is 2.25. The molecule has 1 rings (SSSR count). The summed E-state index contributed by atoms with van der Waals surface area (Å²) in [4.78, 5) is 16.2. The molecule has 0 fully saturated rings. The summed E-state index contributed by atoms with van der Waals surface area (Å²) in [5.41, 5.74) is -0.752. The van der Waals surface area contributed by atoms with Crippen LogP contribution >= 0.6 is 0 Å². The van der Waals surface area contributed by atoms with Crippen LogP contribution in [-0.2, 0) is 14.2 Å². The van der Waals surface area contributed by atoms with E-state index >= 15 is 0 Å². The lowest BCUT2D eigenvalue weighted by Gasteiger charge is -2.37. The molecule has 0 amide bonds. The van der Waals surface area contributed by atoms with Crippen molar-refractivity contribution in [3.63, 3.8) is 0 Å². The van der Waals surface area contributed by atoms with Crippen LogP contribution in [0.5, 0.6) is 5.88 Å². The Hall–Kier alpha value is -1.60. The zero-order valence-electron chi connectivity index (χ0n) is 17.2. The first-order chi connectivity index (χ1) is 11.9.